The zero-order valence-electron chi connectivity index (χ0n) is 38.3. The summed E-state index contributed by atoms with van der Waals surface area (Å²) in [5, 5.41) is 48.5. The number of nitrogens with one attached hydrogen (secondary N) is 1. The van der Waals surface area contributed by atoms with Gasteiger partial charge >= 0.3 is 0 Å². The van der Waals surface area contributed by atoms with Gasteiger partial charge in [0.25, 0.3) is 36.3 Å². The average molecular weight is 1020 g/mol. The van der Waals surface area contributed by atoms with Crippen LogP contribution in [-0.4, -0.2) is 49.9 Å². The first-order valence-electron chi connectivity index (χ1n) is 20.8. The Hall–Kier alpha value is -8.00. The Balaban J connectivity index is 1.07. The number of amides is 1. The van der Waals surface area contributed by atoms with Crippen molar-refractivity contribution in [2.45, 2.75) is 56.2 Å². The van der Waals surface area contributed by atoms with Crippen LogP contribution in [0.4, 0.5) is 56.9 Å². The molecule has 7 aromatic carbocycles. The standard InChI is InChI=1S/C47H42N10O11S3/c1-24-16-38(25(2)15-37(24)51-50-36-14-12-34(69(60,61)62)23-43(36)70(63,64)65)52-53-39-17-27(4)40(18-26(39)3)54-55-41-19-29(6)42(20-28(41)5)56-57-45-44(71(66,67)68)22-31-21-33(11-13-35(31)46(45)58)49-47(59)30-7-9-32(48)10-8-30/h7-23,58H,48H2,1-6H3,(H,49,59)(H,60,61,62)(H,63,64,65)(H,66,67,68). The first-order chi connectivity index (χ1) is 33.3. The van der Waals surface area contributed by atoms with Crippen molar-refractivity contribution in [3.05, 3.63) is 142 Å². The number of hydrogen-bond donors (Lipinski definition) is 6. The number of nitrogens with zero attached hydrogens (tertiary/aromatic N) is 8. The van der Waals surface area contributed by atoms with Crippen LogP contribution < -0.4 is 11.1 Å². The number of aryl methyl sites for hydroxylation is 6. The summed E-state index contributed by atoms with van der Waals surface area (Å²) in [6, 6.07) is 24.5. The highest BCUT2D eigenvalue weighted by molar-refractivity contribution is 7.87. The first-order valence-corrected chi connectivity index (χ1v) is 25.1. The predicted octanol–water partition coefficient (Wildman–Crippen LogP) is 12.6. The summed E-state index contributed by atoms with van der Waals surface area (Å²) in [5.74, 6) is -1.02. The number of nitrogen functional groups attached to an aromatic ring is 1. The van der Waals surface area contributed by atoms with Crippen molar-refractivity contribution >= 4 is 104 Å². The summed E-state index contributed by atoms with van der Waals surface area (Å²) in [7, 11) is -14.6. The topological polar surface area (TPSA) is 337 Å². The van der Waals surface area contributed by atoms with Crippen LogP contribution in [0.2, 0.25) is 0 Å². The molecule has 0 aliphatic heterocycles. The number of benzene rings is 7. The van der Waals surface area contributed by atoms with Gasteiger partial charge in [-0.05, 0) is 183 Å². The van der Waals surface area contributed by atoms with Gasteiger partial charge in [0.05, 0.1) is 39.0 Å². The lowest BCUT2D eigenvalue weighted by Crippen LogP contribution is -2.11. The average Bonchev–Trinajstić information content (AvgIpc) is 3.29. The lowest BCUT2D eigenvalue weighted by molar-refractivity contribution is 0.102. The molecule has 0 saturated carbocycles. The van der Waals surface area contributed by atoms with Crippen LogP contribution in [-0.2, 0) is 30.4 Å². The van der Waals surface area contributed by atoms with E-state index in [-0.39, 0.29) is 16.5 Å². The van der Waals surface area contributed by atoms with E-state index in [0.717, 1.165) is 29.3 Å². The molecule has 1 amide bonds. The van der Waals surface area contributed by atoms with Crippen molar-refractivity contribution in [3.63, 3.8) is 0 Å². The summed E-state index contributed by atoms with van der Waals surface area (Å²) >= 11 is 0. The fraction of sp³-hybridized carbons (Fsp3) is 0.128. The zero-order chi connectivity index (χ0) is 51.7. The number of anilines is 2. The molecule has 7 aromatic rings. The van der Waals surface area contributed by atoms with Gasteiger partial charge in [0, 0.05) is 22.3 Å². The molecule has 0 aliphatic carbocycles. The molecule has 0 unspecified atom stereocenters. The van der Waals surface area contributed by atoms with Crippen LogP contribution in [0, 0.1) is 41.5 Å². The van der Waals surface area contributed by atoms with Crippen LogP contribution in [0.15, 0.2) is 159 Å². The molecule has 0 saturated heterocycles. The van der Waals surface area contributed by atoms with Gasteiger partial charge in [-0.3, -0.25) is 18.5 Å². The maximum absolute atomic E-state index is 12.8. The number of rotatable bonds is 13. The maximum Gasteiger partial charge on any atom is 0.296 e. The largest absolute Gasteiger partial charge is 0.505 e. The minimum atomic E-state index is -4.94. The Morgan fingerprint density at radius 2 is 0.873 bits per heavy atom. The number of hydrogen-bond acceptors (Lipinski definition) is 17. The summed E-state index contributed by atoms with van der Waals surface area (Å²) in [6.45, 7) is 10.6. The van der Waals surface area contributed by atoms with E-state index in [9.17, 15) is 48.8 Å². The molecule has 0 fully saturated rings. The van der Waals surface area contributed by atoms with E-state index in [4.69, 9.17) is 5.73 Å². The second-order valence-electron chi connectivity index (χ2n) is 16.2. The van der Waals surface area contributed by atoms with Crippen LogP contribution in [0.25, 0.3) is 10.8 Å². The van der Waals surface area contributed by atoms with Gasteiger partial charge in [0.15, 0.2) is 5.75 Å². The number of fused-ring (bicyclic) bond motifs is 1. The highest BCUT2D eigenvalue weighted by atomic mass is 32.2. The molecule has 0 spiro atoms. The maximum atomic E-state index is 12.8. The van der Waals surface area contributed by atoms with E-state index in [2.05, 4.69) is 46.2 Å². The Labute approximate surface area is 406 Å². The third-order valence-corrected chi connectivity index (χ3v) is 13.5. The number of aromatic hydroxyl groups is 1. The van der Waals surface area contributed by atoms with Crippen molar-refractivity contribution < 1.29 is 48.8 Å². The number of phenolic OH excluding ortho intramolecular Hbond substituents is 1. The van der Waals surface area contributed by atoms with E-state index < -0.39 is 62.4 Å². The number of phenols is 1. The lowest BCUT2D eigenvalue weighted by atomic mass is 10.1. The Bertz CT molecular complexity index is 3820. The molecule has 0 aliphatic rings. The van der Waals surface area contributed by atoms with Crippen LogP contribution in [0.5, 0.6) is 5.75 Å². The molecule has 0 heterocycles. The van der Waals surface area contributed by atoms with E-state index in [0.29, 0.717) is 79.4 Å². The lowest BCUT2D eigenvalue weighted by Gasteiger charge is -2.11. The highest BCUT2D eigenvalue weighted by Crippen LogP contribution is 2.43. The Morgan fingerprint density at radius 1 is 0.465 bits per heavy atom. The van der Waals surface area contributed by atoms with Crippen molar-refractivity contribution in [2.24, 2.45) is 40.9 Å². The molecular formula is C47H42N10O11S3. The molecule has 7 rings (SSSR count). The molecule has 364 valence electrons. The normalized spacial score (nSPS) is 12.6. The number of azo groups is 4. The summed E-state index contributed by atoms with van der Waals surface area (Å²) < 4.78 is 101. The van der Waals surface area contributed by atoms with E-state index in [1.807, 2.05) is 13.8 Å². The van der Waals surface area contributed by atoms with Gasteiger partial charge < -0.3 is 16.2 Å². The molecule has 0 atom stereocenters. The first kappa shape index (κ1) is 50.9. The van der Waals surface area contributed by atoms with Crippen molar-refractivity contribution in [1.29, 1.82) is 0 Å². The van der Waals surface area contributed by atoms with Gasteiger partial charge in [-0.25, -0.2) is 0 Å². The van der Waals surface area contributed by atoms with Crippen LogP contribution >= 0.6 is 0 Å². The van der Waals surface area contributed by atoms with Crippen molar-refractivity contribution in [1.82, 2.24) is 0 Å². The fourth-order valence-electron chi connectivity index (χ4n) is 6.94. The highest BCUT2D eigenvalue weighted by Gasteiger charge is 2.24. The number of carbonyl (C=O) groups excluding carboxylic acids is 1. The van der Waals surface area contributed by atoms with Gasteiger partial charge in [-0.2, -0.15) is 55.9 Å². The quantitative estimate of drug-likeness (QED) is 0.0357. The van der Waals surface area contributed by atoms with Crippen molar-refractivity contribution in [2.75, 3.05) is 11.1 Å². The van der Waals surface area contributed by atoms with Gasteiger partial charge in [0.2, 0.25) is 0 Å². The SMILES string of the molecule is Cc1cc(N=Nc2cc(C)c(N=Nc3c(S(=O)(=O)O)cc4cc(NC(=O)c5ccc(N)cc5)ccc4c3O)cc2C)c(C)cc1N=Nc1cc(C)c(N=Nc2ccc(S(=O)(=O)O)cc2S(=O)(=O)O)cc1C. The molecular weight excluding hydrogens is 977 g/mol. The molecule has 0 bridgehead atoms. The van der Waals surface area contributed by atoms with E-state index in [1.165, 1.54) is 18.2 Å². The van der Waals surface area contributed by atoms with Gasteiger partial charge in [-0.15, -0.1) is 10.2 Å². The third kappa shape index (κ3) is 11.7. The summed E-state index contributed by atoms with van der Waals surface area (Å²) in [6.07, 6.45) is 0. The minimum absolute atomic E-state index is 0.178. The molecule has 21 nitrogen and oxygen atoms in total. The second-order valence-corrected chi connectivity index (χ2v) is 20.4. The van der Waals surface area contributed by atoms with Crippen LogP contribution in [0.1, 0.15) is 43.7 Å². The summed E-state index contributed by atoms with van der Waals surface area (Å²) in [4.78, 5) is 10.5. The molecule has 71 heavy (non-hydrogen) atoms. The van der Waals surface area contributed by atoms with Crippen LogP contribution in [0.3, 0.4) is 0 Å². The Kier molecular flexibility index (Phi) is 14.2. The fourth-order valence-corrected chi connectivity index (χ4v) is 8.82. The third-order valence-electron chi connectivity index (χ3n) is 10.9. The minimum Gasteiger partial charge on any atom is -0.505 e. The summed E-state index contributed by atoms with van der Waals surface area (Å²) in [5.41, 5.74) is 12.6. The van der Waals surface area contributed by atoms with E-state index >= 15 is 0 Å². The smallest absolute Gasteiger partial charge is 0.296 e. The van der Waals surface area contributed by atoms with Crippen molar-refractivity contribution in [3.8, 4) is 5.75 Å². The monoisotopic (exact) mass is 1020 g/mol. The van der Waals surface area contributed by atoms with Gasteiger partial charge in [0.1, 0.15) is 21.2 Å². The zero-order valence-corrected chi connectivity index (χ0v) is 40.8. The number of carbonyl (C=O) groups is 1. The Morgan fingerprint density at radius 3 is 1.28 bits per heavy atom. The molecule has 0 aromatic heterocycles. The van der Waals surface area contributed by atoms with E-state index in [1.54, 1.807) is 88.4 Å². The van der Waals surface area contributed by atoms with Gasteiger partial charge in [-0.1, -0.05) is 0 Å². The molecule has 24 heteroatoms. The molecule has 7 N–H and O–H groups in total. The number of nitrogens with two attached hydrogens (primary N) is 1. The second kappa shape index (κ2) is 19.8. The predicted molar refractivity (Wildman–Crippen MR) is 265 cm³/mol. The molecule has 0 radical (unpaired) electrons.